The first-order valence-electron chi connectivity index (χ1n) is 30.4. The Morgan fingerprint density at radius 2 is 1.24 bits per heavy atom. The van der Waals surface area contributed by atoms with E-state index >= 15 is 8.96 Å². The van der Waals surface area contributed by atoms with Crippen molar-refractivity contribution >= 4 is 36.7 Å². The van der Waals surface area contributed by atoms with Crippen LogP contribution < -0.4 is 19.9 Å². The Labute approximate surface area is 529 Å². The molecule has 0 spiro atoms. The number of fused-ring (bicyclic) bond motifs is 1. The number of benzene rings is 7. The van der Waals surface area contributed by atoms with Crippen LogP contribution in [0.5, 0.6) is 11.5 Å². The molecule has 3 unspecified atom stereocenters. The first kappa shape index (κ1) is 64.9. The zero-order chi connectivity index (χ0) is 63.9. The SMILES string of the molecule is C#C[C@]1(COP(=O)(NC(Cc2ccccc2)C(=O)O)OC(C)C(=O)OCCCCCCCC)O[C@@H](n2cnc3c(NC(c4ccccc4)(c4ccccc4)c4ccc(OC)cc4)nc(F)nc32)C[C@@H]1OC(c1ccccc1)(c1ccccc1)c1ccc(OC)cc1. The van der Waals surface area contributed by atoms with Gasteiger partial charge in [-0.1, -0.05) is 221 Å². The van der Waals surface area contributed by atoms with E-state index in [1.807, 2.05) is 170 Å². The molecule has 3 N–H and O–H groups in total. The van der Waals surface area contributed by atoms with E-state index < -0.39 is 73.6 Å². The van der Waals surface area contributed by atoms with Gasteiger partial charge in [0, 0.05) is 6.42 Å². The van der Waals surface area contributed by atoms with Crippen molar-refractivity contribution in [2.75, 3.05) is 32.8 Å². The topological polar surface area (TPSA) is 204 Å². The molecular formula is C72H74FN6O11P. The lowest BCUT2D eigenvalue weighted by Gasteiger charge is -2.41. The van der Waals surface area contributed by atoms with E-state index in [4.69, 9.17) is 44.1 Å². The molecule has 0 saturated carbocycles. The largest absolute Gasteiger partial charge is 0.497 e. The van der Waals surface area contributed by atoms with Crippen molar-refractivity contribution in [2.45, 2.75) is 106 Å². The molecule has 19 heteroatoms. The van der Waals surface area contributed by atoms with Crippen LogP contribution in [0.25, 0.3) is 11.2 Å². The molecule has 1 aliphatic rings. The molecule has 0 aliphatic carbocycles. The van der Waals surface area contributed by atoms with E-state index in [-0.39, 0.29) is 36.4 Å². The van der Waals surface area contributed by atoms with Gasteiger partial charge in [-0.3, -0.25) is 18.4 Å². The van der Waals surface area contributed by atoms with Crippen LogP contribution in [-0.2, 0) is 55.0 Å². The number of carboxylic acid groups (broad SMARTS) is 1. The lowest BCUT2D eigenvalue weighted by molar-refractivity contribution is -0.152. The maximum absolute atomic E-state index is 16.7. The molecule has 6 atom stereocenters. The van der Waals surface area contributed by atoms with Gasteiger partial charge in [0.25, 0.3) is 0 Å². The number of carbonyl (C=O) groups excluding carboxylic acids is 1. The fraction of sp³-hybridized carbons (Fsp3) is 0.292. The van der Waals surface area contributed by atoms with Gasteiger partial charge in [-0.25, -0.2) is 19.4 Å². The maximum atomic E-state index is 16.7. The lowest BCUT2D eigenvalue weighted by atomic mass is 9.77. The number of halogens is 1. The van der Waals surface area contributed by atoms with Gasteiger partial charge >= 0.3 is 25.8 Å². The summed E-state index contributed by atoms with van der Waals surface area (Å²) < 4.78 is 78.3. The first-order valence-corrected chi connectivity index (χ1v) is 32.0. The number of carbonyl (C=O) groups is 2. The van der Waals surface area contributed by atoms with Crippen molar-refractivity contribution in [2.24, 2.45) is 0 Å². The van der Waals surface area contributed by atoms with Crippen molar-refractivity contribution in [1.82, 2.24) is 24.6 Å². The molecule has 0 bridgehead atoms. The predicted molar refractivity (Wildman–Crippen MR) is 345 cm³/mol. The Morgan fingerprint density at radius 1 is 0.736 bits per heavy atom. The fourth-order valence-corrected chi connectivity index (χ4v) is 13.3. The van der Waals surface area contributed by atoms with Gasteiger partial charge in [-0.15, -0.1) is 6.42 Å². The summed E-state index contributed by atoms with van der Waals surface area (Å²) in [7, 11) is -1.86. The number of nitrogens with zero attached hydrogens (tertiary/aromatic N) is 4. The molecule has 17 nitrogen and oxygen atoms in total. The zero-order valence-electron chi connectivity index (χ0n) is 51.2. The third-order valence-corrected chi connectivity index (χ3v) is 18.1. The number of esters is 1. The summed E-state index contributed by atoms with van der Waals surface area (Å²) in [4.78, 5) is 40.6. The van der Waals surface area contributed by atoms with Crippen molar-refractivity contribution in [3.63, 3.8) is 0 Å². The van der Waals surface area contributed by atoms with Gasteiger partial charge in [0.15, 0.2) is 28.7 Å². The van der Waals surface area contributed by atoms with E-state index in [9.17, 15) is 14.7 Å². The molecule has 470 valence electrons. The molecule has 1 saturated heterocycles. The third kappa shape index (κ3) is 14.6. The molecule has 0 radical (unpaired) electrons. The Bertz CT molecular complexity index is 3840. The average molecular weight is 1250 g/mol. The van der Waals surface area contributed by atoms with E-state index in [0.29, 0.717) is 40.2 Å². The summed E-state index contributed by atoms with van der Waals surface area (Å²) in [6.45, 7) is 2.74. The zero-order valence-corrected chi connectivity index (χ0v) is 52.1. The van der Waals surface area contributed by atoms with Gasteiger partial charge in [0.05, 0.1) is 27.2 Å². The number of hydrogen-bond acceptors (Lipinski definition) is 14. The number of nitrogens with one attached hydrogen (secondary N) is 2. The fourth-order valence-electron chi connectivity index (χ4n) is 11.7. The number of imidazole rings is 1. The minimum Gasteiger partial charge on any atom is -0.497 e. The Hall–Kier alpha value is -9.05. The van der Waals surface area contributed by atoms with Crippen molar-refractivity contribution in [1.29, 1.82) is 0 Å². The minimum absolute atomic E-state index is 0.000962. The molecule has 7 aromatic carbocycles. The highest BCUT2D eigenvalue weighted by Crippen LogP contribution is 2.53. The summed E-state index contributed by atoms with van der Waals surface area (Å²) >= 11 is 0. The van der Waals surface area contributed by atoms with Crippen LogP contribution in [0.4, 0.5) is 10.2 Å². The smallest absolute Gasteiger partial charge is 0.407 e. The van der Waals surface area contributed by atoms with Crippen LogP contribution in [0.3, 0.4) is 0 Å². The standard InChI is InChI=1S/C72H74FN6O11P/c1-6-8-9-10-11-27-46-86-68(82)51(3)90-91(83,78-61(67(80)81)47-52-28-17-12-18-29-52)87-49-70(7-2)62(88-72(56-34-23-15-24-35-56,57-36-25-16-26-37-57)58-40-44-60(85-5)45-41-58)48-63(89-70)79-50-74-64-65(75-69(73)76-66(64)79)77-71(53-30-19-13-20-31-53,54-32-21-14-22-33-54)55-38-42-59(84-4)43-39-55/h2,12-26,28-45,50-51,61-63H,6,8-11,27,46-49H2,1,3-5H3,(H,78,83)(H,80,81)(H,75,76,77)/t51?,61?,62-,63+,70+,91?/m0/s1. The summed E-state index contributed by atoms with van der Waals surface area (Å²) in [5.74, 6) is 1.82. The first-order chi connectivity index (χ1) is 44.3. The monoisotopic (exact) mass is 1250 g/mol. The number of anilines is 1. The molecule has 2 aromatic heterocycles. The number of terminal acetylenes is 1. The van der Waals surface area contributed by atoms with Gasteiger partial charge in [-0.2, -0.15) is 14.4 Å². The second-order valence-electron chi connectivity index (χ2n) is 22.3. The quantitative estimate of drug-likeness (QED) is 0.00923. The summed E-state index contributed by atoms with van der Waals surface area (Å²) in [6.07, 6.45) is 8.46. The van der Waals surface area contributed by atoms with Crippen LogP contribution in [0.15, 0.2) is 207 Å². The van der Waals surface area contributed by atoms with Crippen molar-refractivity contribution in [3.05, 3.63) is 252 Å². The highest BCUT2D eigenvalue weighted by Gasteiger charge is 2.56. The maximum Gasteiger partial charge on any atom is 0.407 e. The van der Waals surface area contributed by atoms with Crippen LogP contribution >= 0.6 is 7.75 Å². The van der Waals surface area contributed by atoms with Crippen LogP contribution in [0.2, 0.25) is 0 Å². The molecule has 10 rings (SSSR count). The second-order valence-corrected chi connectivity index (χ2v) is 24.0. The number of rotatable bonds is 31. The number of aromatic nitrogens is 4. The number of ether oxygens (including phenoxy) is 5. The van der Waals surface area contributed by atoms with Gasteiger partial charge in [0.1, 0.15) is 47.6 Å². The molecule has 1 aliphatic heterocycles. The summed E-state index contributed by atoms with van der Waals surface area (Å²) in [6, 6.07) is 60.4. The number of hydrogen-bond donors (Lipinski definition) is 3. The number of methoxy groups -OCH3 is 2. The minimum atomic E-state index is -5.02. The number of carboxylic acids is 1. The van der Waals surface area contributed by atoms with E-state index in [1.54, 1.807) is 44.6 Å². The highest BCUT2D eigenvalue weighted by atomic mass is 31.2. The Morgan fingerprint density at radius 3 is 1.78 bits per heavy atom. The van der Waals surface area contributed by atoms with Crippen LogP contribution in [0, 0.1) is 18.4 Å². The van der Waals surface area contributed by atoms with Gasteiger partial charge in [0.2, 0.25) is 0 Å². The molecule has 3 heterocycles. The third-order valence-electron chi connectivity index (χ3n) is 16.4. The lowest BCUT2D eigenvalue weighted by Crippen LogP contribution is -2.49. The number of aliphatic carboxylic acids is 1. The van der Waals surface area contributed by atoms with Crippen LogP contribution in [0.1, 0.15) is 104 Å². The van der Waals surface area contributed by atoms with Gasteiger partial charge in [-0.05, 0) is 83.0 Å². The highest BCUT2D eigenvalue weighted by molar-refractivity contribution is 7.51. The second kappa shape index (κ2) is 29.7. The molecule has 0 amide bonds. The van der Waals surface area contributed by atoms with E-state index in [1.165, 1.54) is 17.8 Å². The van der Waals surface area contributed by atoms with E-state index in [2.05, 4.69) is 33.2 Å². The number of unbranched alkanes of at least 4 members (excludes halogenated alkanes) is 5. The molecule has 1 fully saturated rings. The molecular weight excluding hydrogens is 1170 g/mol. The Balaban J connectivity index is 1.09. The molecule has 9 aromatic rings. The summed E-state index contributed by atoms with van der Waals surface area (Å²) in [5, 5.41) is 17.1. The molecule has 91 heavy (non-hydrogen) atoms. The van der Waals surface area contributed by atoms with Crippen molar-refractivity contribution < 1.29 is 56.4 Å². The van der Waals surface area contributed by atoms with E-state index in [0.717, 1.165) is 48.8 Å². The summed E-state index contributed by atoms with van der Waals surface area (Å²) in [5.41, 5.74) is 0.234. The normalized spacial score (nSPS) is 17.1. The predicted octanol–water partition coefficient (Wildman–Crippen LogP) is 13.8. The Kier molecular flexibility index (Phi) is 21.2. The van der Waals surface area contributed by atoms with Crippen molar-refractivity contribution in [3.8, 4) is 23.8 Å². The van der Waals surface area contributed by atoms with Gasteiger partial charge < -0.3 is 34.1 Å². The van der Waals surface area contributed by atoms with Crippen LogP contribution in [-0.4, -0.2) is 87.8 Å². The average Bonchev–Trinajstić information content (AvgIpc) is 1.74.